The van der Waals surface area contributed by atoms with E-state index in [0.29, 0.717) is 21.3 Å². The molecule has 10 heteroatoms. The Bertz CT molecular complexity index is 840. The zero-order valence-corrected chi connectivity index (χ0v) is 15.4. The van der Waals surface area contributed by atoms with Crippen LogP contribution in [0.5, 0.6) is 0 Å². The normalized spacial score (nSPS) is 12.0. The largest absolute Gasteiger partial charge is 0.433 e. The Labute approximate surface area is 163 Å². The van der Waals surface area contributed by atoms with Gasteiger partial charge in [0.1, 0.15) is 5.69 Å². The van der Waals surface area contributed by atoms with Crippen molar-refractivity contribution in [2.45, 2.75) is 12.6 Å². The summed E-state index contributed by atoms with van der Waals surface area (Å²) in [4.78, 5) is 20.2. The Balaban J connectivity index is 2.07. The number of hydrogen-bond acceptors (Lipinski definition) is 4. The number of hydrogen-bond donors (Lipinski definition) is 2. The molecular weight excluding hydrogens is 406 g/mol. The summed E-state index contributed by atoms with van der Waals surface area (Å²) < 4.78 is 37.5. The minimum atomic E-state index is -4.54. The lowest BCUT2D eigenvalue weighted by molar-refractivity contribution is -0.141. The van der Waals surface area contributed by atoms with Gasteiger partial charge in [-0.25, -0.2) is 4.98 Å². The van der Waals surface area contributed by atoms with E-state index in [2.05, 4.69) is 15.8 Å². The third-order valence-electron chi connectivity index (χ3n) is 3.27. The van der Waals surface area contributed by atoms with Crippen LogP contribution < -0.4 is 10.8 Å². The quantitative estimate of drug-likeness (QED) is 0.651. The highest BCUT2D eigenvalue weighted by atomic mass is 35.5. The Morgan fingerprint density at radius 2 is 1.96 bits per heavy atom. The maximum absolute atomic E-state index is 12.5. The molecule has 27 heavy (non-hydrogen) atoms. The fraction of sp³-hybridized carbons (Fsp3) is 0.176. The predicted molar refractivity (Wildman–Crippen MR) is 97.1 cm³/mol. The minimum absolute atomic E-state index is 0.0764. The molecule has 1 heterocycles. The summed E-state index contributed by atoms with van der Waals surface area (Å²) in [5.74, 6) is -0.452. The Morgan fingerprint density at radius 1 is 1.22 bits per heavy atom. The van der Waals surface area contributed by atoms with E-state index in [1.54, 1.807) is 18.2 Å². The average Bonchev–Trinajstić information content (AvgIpc) is 2.61. The predicted octanol–water partition coefficient (Wildman–Crippen LogP) is 4.93. The van der Waals surface area contributed by atoms with Crippen LogP contribution in [0.1, 0.15) is 17.7 Å². The lowest BCUT2D eigenvalue weighted by Gasteiger charge is -2.11. The number of hydroxylamine groups is 1. The molecule has 144 valence electrons. The van der Waals surface area contributed by atoms with E-state index in [-0.39, 0.29) is 12.1 Å². The Kier molecular flexibility index (Phi) is 7.06. The number of aromatic nitrogens is 1. The van der Waals surface area contributed by atoms with Crippen molar-refractivity contribution >= 4 is 40.5 Å². The van der Waals surface area contributed by atoms with Gasteiger partial charge in [0, 0.05) is 12.0 Å². The van der Waals surface area contributed by atoms with Crippen molar-refractivity contribution in [3.63, 3.8) is 0 Å². The molecule has 0 atom stereocenters. The van der Waals surface area contributed by atoms with Gasteiger partial charge < -0.3 is 5.32 Å². The fourth-order valence-electron chi connectivity index (χ4n) is 2.03. The molecule has 1 aromatic heterocycles. The molecule has 5 nitrogen and oxygen atoms in total. The Morgan fingerprint density at radius 3 is 2.52 bits per heavy atom. The topological polar surface area (TPSA) is 63.2 Å². The van der Waals surface area contributed by atoms with Crippen LogP contribution in [0.15, 0.2) is 42.6 Å². The van der Waals surface area contributed by atoms with Crippen molar-refractivity contribution in [2.24, 2.45) is 0 Å². The number of anilines is 1. The minimum Gasteiger partial charge on any atom is -0.324 e. The maximum Gasteiger partial charge on any atom is 0.433 e. The van der Waals surface area contributed by atoms with E-state index < -0.39 is 17.8 Å². The van der Waals surface area contributed by atoms with Crippen molar-refractivity contribution in [1.82, 2.24) is 10.5 Å². The summed E-state index contributed by atoms with van der Waals surface area (Å²) in [5, 5.41) is 3.17. The number of halogens is 5. The van der Waals surface area contributed by atoms with Crippen molar-refractivity contribution < 1.29 is 22.8 Å². The zero-order valence-electron chi connectivity index (χ0n) is 13.9. The number of carbonyl (C=O) groups excluding carboxylic acids is 1. The van der Waals surface area contributed by atoms with Crippen LogP contribution in [-0.2, 0) is 15.8 Å². The molecule has 0 saturated carbocycles. The smallest absolute Gasteiger partial charge is 0.324 e. The summed E-state index contributed by atoms with van der Waals surface area (Å²) in [7, 11) is 1.40. The summed E-state index contributed by atoms with van der Waals surface area (Å²) in [6.07, 6.45) is -2.13. The van der Waals surface area contributed by atoms with Crippen LogP contribution in [0.2, 0.25) is 10.0 Å². The number of alkyl halides is 3. The molecule has 0 aliphatic heterocycles. The third-order valence-corrected chi connectivity index (χ3v) is 4.01. The SMILES string of the molecule is CONC(=CCC(=O)Nc1ccc(C(F)(F)F)nc1)c1ccc(Cl)c(Cl)c1. The van der Waals surface area contributed by atoms with Gasteiger partial charge in [-0.3, -0.25) is 15.1 Å². The first-order chi connectivity index (χ1) is 12.7. The monoisotopic (exact) mass is 419 g/mol. The molecular formula is C17H14Cl2F3N3O2. The molecule has 0 spiro atoms. The number of pyridine rings is 1. The van der Waals surface area contributed by atoms with E-state index >= 15 is 0 Å². The number of benzene rings is 1. The first kappa shape index (κ1) is 21.0. The molecule has 0 bridgehead atoms. The van der Waals surface area contributed by atoms with Crippen molar-refractivity contribution in [2.75, 3.05) is 12.4 Å². The van der Waals surface area contributed by atoms with E-state index in [4.69, 9.17) is 28.0 Å². The van der Waals surface area contributed by atoms with Crippen LogP contribution in [0.3, 0.4) is 0 Å². The van der Waals surface area contributed by atoms with Gasteiger partial charge in [0.15, 0.2) is 0 Å². The second kappa shape index (κ2) is 9.07. The molecule has 0 fully saturated rings. The molecule has 2 N–H and O–H groups in total. The number of carbonyl (C=O) groups is 1. The van der Waals surface area contributed by atoms with E-state index in [9.17, 15) is 18.0 Å². The van der Waals surface area contributed by atoms with Gasteiger partial charge in [-0.05, 0) is 30.3 Å². The van der Waals surface area contributed by atoms with Crippen molar-refractivity contribution in [3.05, 3.63) is 63.9 Å². The number of nitrogens with zero attached hydrogens (tertiary/aromatic N) is 1. The van der Waals surface area contributed by atoms with Gasteiger partial charge in [0.25, 0.3) is 0 Å². The lowest BCUT2D eigenvalue weighted by Crippen LogP contribution is -2.14. The van der Waals surface area contributed by atoms with Gasteiger partial charge in [-0.2, -0.15) is 13.2 Å². The number of rotatable bonds is 6. The summed E-state index contributed by atoms with van der Waals surface area (Å²) in [6.45, 7) is 0. The Hall–Kier alpha value is -2.29. The number of nitrogens with one attached hydrogen (secondary N) is 2. The molecule has 0 aliphatic rings. The van der Waals surface area contributed by atoms with Crippen molar-refractivity contribution in [1.29, 1.82) is 0 Å². The summed E-state index contributed by atoms with van der Waals surface area (Å²) in [6, 6.07) is 6.80. The van der Waals surface area contributed by atoms with Crippen LogP contribution in [0.4, 0.5) is 18.9 Å². The summed E-state index contributed by atoms with van der Waals surface area (Å²) >= 11 is 11.9. The first-order valence-corrected chi connectivity index (χ1v) is 8.24. The van der Waals surface area contributed by atoms with Gasteiger partial charge in [-0.15, -0.1) is 0 Å². The third kappa shape index (κ3) is 6.13. The van der Waals surface area contributed by atoms with E-state index in [1.165, 1.54) is 13.2 Å². The standard InChI is InChI=1S/C17H14Cl2F3N3O2/c1-27-25-14(10-2-4-12(18)13(19)8-10)5-7-16(26)24-11-3-6-15(23-9-11)17(20,21)22/h2-6,8-9,25H,7H2,1H3,(H,24,26). The fourth-order valence-corrected chi connectivity index (χ4v) is 2.33. The molecule has 0 saturated heterocycles. The summed E-state index contributed by atoms with van der Waals surface area (Å²) in [5.41, 5.74) is 2.85. The van der Waals surface area contributed by atoms with E-state index in [0.717, 1.165) is 18.3 Å². The van der Waals surface area contributed by atoms with Crippen LogP contribution >= 0.6 is 23.2 Å². The van der Waals surface area contributed by atoms with E-state index in [1.807, 2.05) is 0 Å². The number of amides is 1. The second-order valence-corrected chi connectivity index (χ2v) is 6.05. The highest BCUT2D eigenvalue weighted by Crippen LogP contribution is 2.28. The first-order valence-electron chi connectivity index (χ1n) is 7.48. The molecule has 0 aliphatic carbocycles. The molecule has 2 rings (SSSR count). The molecule has 1 aromatic carbocycles. The van der Waals surface area contributed by atoms with Gasteiger partial charge >= 0.3 is 6.18 Å². The van der Waals surface area contributed by atoms with Crippen LogP contribution in [-0.4, -0.2) is 18.0 Å². The molecule has 2 aromatic rings. The van der Waals surface area contributed by atoms with Gasteiger partial charge in [0.05, 0.1) is 34.7 Å². The molecule has 0 radical (unpaired) electrons. The highest BCUT2D eigenvalue weighted by Gasteiger charge is 2.32. The van der Waals surface area contributed by atoms with Crippen LogP contribution in [0, 0.1) is 0 Å². The second-order valence-electron chi connectivity index (χ2n) is 5.24. The van der Waals surface area contributed by atoms with Gasteiger partial charge in [0.2, 0.25) is 5.91 Å². The average molecular weight is 420 g/mol. The van der Waals surface area contributed by atoms with Crippen LogP contribution in [0.25, 0.3) is 5.70 Å². The highest BCUT2D eigenvalue weighted by molar-refractivity contribution is 6.42. The zero-order chi connectivity index (χ0) is 20.0. The molecule has 1 amide bonds. The van der Waals surface area contributed by atoms with Crippen molar-refractivity contribution in [3.8, 4) is 0 Å². The lowest BCUT2D eigenvalue weighted by atomic mass is 10.1. The maximum atomic E-state index is 12.5. The van der Waals surface area contributed by atoms with Gasteiger partial charge in [-0.1, -0.05) is 29.3 Å². The molecule has 0 unspecified atom stereocenters.